The van der Waals surface area contributed by atoms with Gasteiger partial charge in [-0.2, -0.15) is 4.31 Å². The van der Waals surface area contributed by atoms with Gasteiger partial charge in [0.05, 0.1) is 30.6 Å². The van der Waals surface area contributed by atoms with Crippen molar-refractivity contribution < 1.29 is 28.2 Å². The quantitative estimate of drug-likeness (QED) is 0.715. The average molecular weight is 315 g/mol. The summed E-state index contributed by atoms with van der Waals surface area (Å²) in [5, 5.41) is 18.8. The number of aliphatic hydroxyl groups is 2. The zero-order valence-electron chi connectivity index (χ0n) is 11.5. The fourth-order valence-corrected chi connectivity index (χ4v) is 3.68. The van der Waals surface area contributed by atoms with E-state index in [1.165, 1.54) is 31.4 Å². The van der Waals surface area contributed by atoms with E-state index in [0.717, 1.165) is 4.31 Å². The number of ether oxygens (including phenoxy) is 1. The Labute approximate surface area is 122 Å². The number of nitrogens with zero attached hydrogens (tertiary/aromatic N) is 1. The summed E-state index contributed by atoms with van der Waals surface area (Å²) in [6.45, 7) is -0.215. The monoisotopic (exact) mass is 315 g/mol. The minimum Gasteiger partial charge on any atom is -0.465 e. The Balaban J connectivity index is 2.09. The molecule has 0 bridgehead atoms. The van der Waals surface area contributed by atoms with Crippen LogP contribution in [0.2, 0.25) is 0 Å². The molecular formula is C13H17NO6S. The number of carbonyl (C=O) groups excluding carboxylic acids is 1. The lowest BCUT2D eigenvalue weighted by atomic mass is 10.1. The van der Waals surface area contributed by atoms with E-state index in [0.29, 0.717) is 11.1 Å². The van der Waals surface area contributed by atoms with Gasteiger partial charge in [0.2, 0.25) is 10.0 Å². The van der Waals surface area contributed by atoms with Crippen LogP contribution < -0.4 is 0 Å². The molecule has 1 fully saturated rings. The van der Waals surface area contributed by atoms with Gasteiger partial charge in [-0.15, -0.1) is 0 Å². The predicted octanol–water partition coefficient (Wildman–Crippen LogP) is -0.660. The van der Waals surface area contributed by atoms with Crippen LogP contribution in [0.25, 0.3) is 0 Å². The number of aliphatic hydroxyl groups excluding tert-OH is 2. The van der Waals surface area contributed by atoms with Crippen molar-refractivity contribution in [2.45, 2.75) is 18.0 Å². The van der Waals surface area contributed by atoms with Crippen molar-refractivity contribution in [1.29, 1.82) is 0 Å². The summed E-state index contributed by atoms with van der Waals surface area (Å²) < 4.78 is 30.0. The first-order valence-corrected chi connectivity index (χ1v) is 7.95. The number of hydrogen-bond acceptors (Lipinski definition) is 6. The van der Waals surface area contributed by atoms with Crippen LogP contribution in [-0.4, -0.2) is 61.3 Å². The lowest BCUT2D eigenvalue weighted by Gasteiger charge is -2.15. The molecule has 1 aliphatic heterocycles. The van der Waals surface area contributed by atoms with Crippen LogP contribution in [0.4, 0.5) is 0 Å². The van der Waals surface area contributed by atoms with E-state index in [1.807, 2.05) is 0 Å². The fraction of sp³-hybridized carbons (Fsp3) is 0.462. The van der Waals surface area contributed by atoms with E-state index in [-0.39, 0.29) is 18.8 Å². The van der Waals surface area contributed by atoms with Gasteiger partial charge < -0.3 is 14.9 Å². The van der Waals surface area contributed by atoms with Crippen molar-refractivity contribution in [3.63, 3.8) is 0 Å². The Morgan fingerprint density at radius 3 is 2.24 bits per heavy atom. The summed E-state index contributed by atoms with van der Waals surface area (Å²) in [6.07, 6.45) is -2.11. The van der Waals surface area contributed by atoms with Crippen LogP contribution in [0.1, 0.15) is 15.9 Å². The number of carbonyl (C=O) groups is 1. The first-order chi connectivity index (χ1) is 9.83. The molecule has 7 nitrogen and oxygen atoms in total. The molecule has 0 amide bonds. The molecule has 21 heavy (non-hydrogen) atoms. The van der Waals surface area contributed by atoms with E-state index in [9.17, 15) is 23.4 Å². The molecule has 0 unspecified atom stereocenters. The molecule has 1 aromatic carbocycles. The molecule has 116 valence electrons. The molecule has 1 heterocycles. The summed E-state index contributed by atoms with van der Waals surface area (Å²) in [6, 6.07) is 6.05. The van der Waals surface area contributed by atoms with Crippen molar-refractivity contribution in [2.24, 2.45) is 0 Å². The maximum absolute atomic E-state index is 12.2. The molecule has 2 rings (SSSR count). The lowest BCUT2D eigenvalue weighted by Crippen LogP contribution is -2.31. The Hall–Kier alpha value is -1.48. The summed E-state index contributed by atoms with van der Waals surface area (Å²) >= 11 is 0. The highest BCUT2D eigenvalue weighted by Crippen LogP contribution is 2.18. The zero-order chi connectivity index (χ0) is 15.6. The third kappa shape index (κ3) is 3.59. The van der Waals surface area contributed by atoms with Crippen molar-refractivity contribution in [2.75, 3.05) is 20.2 Å². The van der Waals surface area contributed by atoms with Crippen LogP contribution >= 0.6 is 0 Å². The zero-order valence-corrected chi connectivity index (χ0v) is 12.3. The van der Waals surface area contributed by atoms with Crippen LogP contribution in [-0.2, 0) is 20.5 Å². The largest absolute Gasteiger partial charge is 0.465 e. The first kappa shape index (κ1) is 15.9. The standard InChI is InChI=1S/C13H17NO6S/c1-20-13(17)10-4-2-9(3-5-10)8-21(18,19)14-6-11(15)12(16)7-14/h2-5,11-12,15-16H,6-8H2,1H3/t11-,12+. The van der Waals surface area contributed by atoms with Crippen molar-refractivity contribution in [3.05, 3.63) is 35.4 Å². The van der Waals surface area contributed by atoms with E-state index in [1.54, 1.807) is 0 Å². The minimum atomic E-state index is -3.62. The molecule has 0 aliphatic carbocycles. The maximum atomic E-state index is 12.2. The van der Waals surface area contributed by atoms with E-state index >= 15 is 0 Å². The normalized spacial score (nSPS) is 23.2. The van der Waals surface area contributed by atoms with Crippen molar-refractivity contribution in [3.8, 4) is 0 Å². The van der Waals surface area contributed by atoms with Gasteiger partial charge in [0.15, 0.2) is 0 Å². The van der Waals surface area contributed by atoms with Crippen LogP contribution in [0.15, 0.2) is 24.3 Å². The van der Waals surface area contributed by atoms with Gasteiger partial charge in [0, 0.05) is 13.1 Å². The van der Waals surface area contributed by atoms with Crippen molar-refractivity contribution >= 4 is 16.0 Å². The first-order valence-electron chi connectivity index (χ1n) is 6.34. The van der Waals surface area contributed by atoms with Crippen LogP contribution in [0.3, 0.4) is 0 Å². The smallest absolute Gasteiger partial charge is 0.337 e. The second kappa shape index (κ2) is 6.10. The van der Waals surface area contributed by atoms with Gasteiger partial charge in [-0.25, -0.2) is 13.2 Å². The minimum absolute atomic E-state index is 0.107. The van der Waals surface area contributed by atoms with Gasteiger partial charge in [-0.1, -0.05) is 12.1 Å². The molecule has 0 spiro atoms. The third-order valence-electron chi connectivity index (χ3n) is 3.34. The maximum Gasteiger partial charge on any atom is 0.337 e. The van der Waals surface area contributed by atoms with E-state index in [4.69, 9.17) is 0 Å². The molecule has 0 radical (unpaired) electrons. The van der Waals surface area contributed by atoms with Gasteiger partial charge in [-0.3, -0.25) is 0 Å². The molecule has 8 heteroatoms. The third-order valence-corrected chi connectivity index (χ3v) is 5.13. The second-order valence-corrected chi connectivity index (χ2v) is 6.87. The number of methoxy groups -OCH3 is 1. The Bertz CT molecular complexity index is 602. The molecule has 0 aromatic heterocycles. The molecule has 1 aliphatic rings. The number of hydrogen-bond donors (Lipinski definition) is 2. The Kier molecular flexibility index (Phi) is 4.62. The van der Waals surface area contributed by atoms with Gasteiger partial charge in [0.1, 0.15) is 0 Å². The number of sulfonamides is 1. The van der Waals surface area contributed by atoms with Crippen LogP contribution in [0.5, 0.6) is 0 Å². The summed E-state index contributed by atoms with van der Waals surface area (Å²) in [7, 11) is -2.35. The number of esters is 1. The van der Waals surface area contributed by atoms with Crippen molar-refractivity contribution in [1.82, 2.24) is 4.31 Å². The van der Waals surface area contributed by atoms with Gasteiger partial charge in [-0.05, 0) is 17.7 Å². The number of benzene rings is 1. The Morgan fingerprint density at radius 2 is 1.76 bits per heavy atom. The second-order valence-electron chi connectivity index (χ2n) is 4.90. The summed E-state index contributed by atoms with van der Waals surface area (Å²) in [5.74, 6) is -0.747. The average Bonchev–Trinajstić information content (AvgIpc) is 2.79. The number of rotatable bonds is 4. The predicted molar refractivity (Wildman–Crippen MR) is 74.0 cm³/mol. The highest BCUT2D eigenvalue weighted by Gasteiger charge is 2.36. The SMILES string of the molecule is COC(=O)c1ccc(CS(=O)(=O)N2C[C@@H](O)[C@@H](O)C2)cc1. The molecule has 1 saturated heterocycles. The topological polar surface area (TPSA) is 104 Å². The fourth-order valence-electron chi connectivity index (χ4n) is 2.12. The molecule has 2 N–H and O–H groups in total. The summed E-state index contributed by atoms with van der Waals surface area (Å²) in [5.41, 5.74) is 0.851. The highest BCUT2D eigenvalue weighted by molar-refractivity contribution is 7.88. The van der Waals surface area contributed by atoms with Gasteiger partial charge >= 0.3 is 5.97 Å². The molecule has 1 aromatic rings. The lowest BCUT2D eigenvalue weighted by molar-refractivity contribution is 0.0572. The number of β-amino-alcohol motifs (C(OH)–C–C–N with tert-alkyl or cyclic N) is 2. The molecule has 0 saturated carbocycles. The molecule has 2 atom stereocenters. The molecular weight excluding hydrogens is 298 g/mol. The van der Waals surface area contributed by atoms with Gasteiger partial charge in [0.25, 0.3) is 0 Å². The Morgan fingerprint density at radius 1 is 1.24 bits per heavy atom. The summed E-state index contributed by atoms with van der Waals surface area (Å²) in [4.78, 5) is 11.3. The highest BCUT2D eigenvalue weighted by atomic mass is 32.2. The van der Waals surface area contributed by atoms with Crippen LogP contribution in [0, 0.1) is 0 Å². The van der Waals surface area contributed by atoms with E-state index < -0.39 is 28.2 Å². The van der Waals surface area contributed by atoms with E-state index in [2.05, 4.69) is 4.74 Å².